The Morgan fingerprint density at radius 3 is 2.61 bits per heavy atom. The quantitative estimate of drug-likeness (QED) is 0.213. The molecule has 1 aliphatic carbocycles. The lowest BCUT2D eigenvalue weighted by atomic mass is 9.83. The number of benzene rings is 4. The number of methoxy groups -OCH3 is 2. The van der Waals surface area contributed by atoms with E-state index in [1.807, 2.05) is 76.0 Å². The summed E-state index contributed by atoms with van der Waals surface area (Å²) in [4.78, 5) is 20.3. The molecule has 1 atom stereocenters. The maximum absolute atomic E-state index is 14.6. The number of fused-ring (bicyclic) bond motifs is 4. The highest BCUT2D eigenvalue weighted by Crippen LogP contribution is 2.44. The molecular formula is C38H30FN3O3S. The van der Waals surface area contributed by atoms with Crippen LogP contribution in [0.5, 0.6) is 11.5 Å². The van der Waals surface area contributed by atoms with Gasteiger partial charge in [0.2, 0.25) is 0 Å². The molecule has 0 saturated heterocycles. The van der Waals surface area contributed by atoms with Crippen molar-refractivity contribution in [2.75, 3.05) is 14.2 Å². The van der Waals surface area contributed by atoms with Crippen LogP contribution in [-0.2, 0) is 13.0 Å². The molecule has 4 aromatic carbocycles. The van der Waals surface area contributed by atoms with Gasteiger partial charge in [-0.1, -0.05) is 72.0 Å². The molecule has 0 saturated carbocycles. The second-order valence-electron chi connectivity index (χ2n) is 11.5. The molecule has 0 bridgehead atoms. The summed E-state index contributed by atoms with van der Waals surface area (Å²) in [6.45, 7) is 0.379. The molecule has 1 aliphatic heterocycles. The van der Waals surface area contributed by atoms with Crippen molar-refractivity contribution in [3.63, 3.8) is 0 Å². The van der Waals surface area contributed by atoms with Crippen molar-refractivity contribution < 1.29 is 13.9 Å². The van der Waals surface area contributed by atoms with E-state index in [4.69, 9.17) is 14.5 Å². The van der Waals surface area contributed by atoms with E-state index in [-0.39, 0.29) is 11.4 Å². The van der Waals surface area contributed by atoms with Crippen LogP contribution in [0, 0.1) is 5.82 Å². The van der Waals surface area contributed by atoms with Crippen molar-refractivity contribution in [3.8, 4) is 11.5 Å². The minimum atomic E-state index is -0.408. The van der Waals surface area contributed by atoms with Gasteiger partial charge >= 0.3 is 0 Å². The van der Waals surface area contributed by atoms with E-state index in [9.17, 15) is 9.18 Å². The summed E-state index contributed by atoms with van der Waals surface area (Å²) in [5.74, 6) is 1.13. The highest BCUT2D eigenvalue weighted by molar-refractivity contribution is 7.07. The number of ether oxygens (including phenoxy) is 2. The zero-order chi connectivity index (χ0) is 31.4. The van der Waals surface area contributed by atoms with E-state index < -0.39 is 6.04 Å². The van der Waals surface area contributed by atoms with E-state index in [1.165, 1.54) is 23.0 Å². The SMILES string of the molecule is COc1ccc(OC)c([C@H]2C3=C(N=c4s/c(=C/c5cn(Cc6ccccc6F)c6ccccc56)c(=O)n42)c2ccccc2CC3)c1. The Labute approximate surface area is 268 Å². The first-order chi connectivity index (χ1) is 22.5. The smallest absolute Gasteiger partial charge is 0.271 e. The first-order valence-electron chi connectivity index (χ1n) is 15.2. The van der Waals surface area contributed by atoms with Gasteiger partial charge in [-0.3, -0.25) is 9.36 Å². The van der Waals surface area contributed by atoms with Crippen LogP contribution in [0.1, 0.15) is 40.3 Å². The second kappa shape index (κ2) is 11.3. The predicted molar refractivity (Wildman–Crippen MR) is 180 cm³/mol. The molecule has 8 heteroatoms. The van der Waals surface area contributed by atoms with E-state index >= 15 is 0 Å². The molecule has 2 aromatic heterocycles. The molecule has 8 rings (SSSR count). The highest BCUT2D eigenvalue weighted by Gasteiger charge is 2.34. The Morgan fingerprint density at radius 2 is 1.76 bits per heavy atom. The molecule has 0 unspecified atom stereocenters. The number of hydrogen-bond acceptors (Lipinski definition) is 5. The molecule has 0 amide bonds. The van der Waals surface area contributed by atoms with Crippen LogP contribution in [0.3, 0.4) is 0 Å². The molecule has 6 nitrogen and oxygen atoms in total. The Kier molecular flexibility index (Phi) is 6.95. The third-order valence-electron chi connectivity index (χ3n) is 9.01. The van der Waals surface area contributed by atoms with Crippen LogP contribution >= 0.6 is 11.3 Å². The average Bonchev–Trinajstić information content (AvgIpc) is 3.60. The van der Waals surface area contributed by atoms with Crippen LogP contribution in [0.4, 0.5) is 4.39 Å². The van der Waals surface area contributed by atoms with Gasteiger partial charge in [-0.2, -0.15) is 0 Å². The van der Waals surface area contributed by atoms with Gasteiger partial charge in [-0.25, -0.2) is 9.38 Å². The molecule has 46 heavy (non-hydrogen) atoms. The molecule has 6 aromatic rings. The number of nitrogens with zero attached hydrogens (tertiary/aromatic N) is 3. The van der Waals surface area contributed by atoms with Crippen LogP contribution < -0.4 is 24.4 Å². The van der Waals surface area contributed by atoms with Gasteiger partial charge in [0.25, 0.3) is 5.56 Å². The van der Waals surface area contributed by atoms with Crippen LogP contribution in [0.15, 0.2) is 113 Å². The molecular weight excluding hydrogens is 598 g/mol. The molecule has 0 N–H and O–H groups in total. The lowest BCUT2D eigenvalue weighted by Crippen LogP contribution is -2.39. The minimum absolute atomic E-state index is 0.116. The van der Waals surface area contributed by atoms with Crippen molar-refractivity contribution >= 4 is 34.0 Å². The number of aryl methyl sites for hydroxylation is 1. The van der Waals surface area contributed by atoms with Crippen molar-refractivity contribution in [1.29, 1.82) is 0 Å². The molecule has 0 spiro atoms. The molecule has 228 valence electrons. The number of allylic oxidation sites excluding steroid dienone is 1. The molecule has 2 aliphatic rings. The van der Waals surface area contributed by atoms with Crippen LogP contribution in [0.25, 0.3) is 22.7 Å². The van der Waals surface area contributed by atoms with Gasteiger partial charge in [0, 0.05) is 39.4 Å². The number of halogens is 1. The third-order valence-corrected chi connectivity index (χ3v) is 9.99. The fourth-order valence-corrected chi connectivity index (χ4v) is 7.82. The molecule has 0 radical (unpaired) electrons. The summed E-state index contributed by atoms with van der Waals surface area (Å²) in [6, 6.07) is 28.5. The topological polar surface area (TPSA) is 57.8 Å². The lowest BCUT2D eigenvalue weighted by Gasteiger charge is -2.31. The maximum Gasteiger partial charge on any atom is 0.271 e. The zero-order valence-corrected chi connectivity index (χ0v) is 26.2. The number of para-hydroxylation sites is 1. The largest absolute Gasteiger partial charge is 0.497 e. The van der Waals surface area contributed by atoms with Gasteiger partial charge < -0.3 is 14.0 Å². The number of aromatic nitrogens is 2. The summed E-state index contributed by atoms with van der Waals surface area (Å²) in [5.41, 5.74) is 7.57. The van der Waals surface area contributed by atoms with Gasteiger partial charge in [0.05, 0.1) is 37.0 Å². The first-order valence-corrected chi connectivity index (χ1v) is 16.0. The zero-order valence-electron chi connectivity index (χ0n) is 25.4. The van der Waals surface area contributed by atoms with E-state index in [0.29, 0.717) is 32.9 Å². The van der Waals surface area contributed by atoms with Gasteiger partial charge in [0.1, 0.15) is 17.3 Å². The van der Waals surface area contributed by atoms with Crippen molar-refractivity contribution in [1.82, 2.24) is 9.13 Å². The average molecular weight is 628 g/mol. The summed E-state index contributed by atoms with van der Waals surface area (Å²) >= 11 is 1.39. The Hall–Kier alpha value is -5.21. The van der Waals surface area contributed by atoms with E-state index in [1.54, 1.807) is 26.4 Å². The first kappa shape index (κ1) is 28.3. The van der Waals surface area contributed by atoms with E-state index in [0.717, 1.165) is 51.7 Å². The Balaban J connectivity index is 1.35. The Morgan fingerprint density at radius 1 is 0.957 bits per heavy atom. The van der Waals surface area contributed by atoms with Crippen LogP contribution in [0.2, 0.25) is 0 Å². The van der Waals surface area contributed by atoms with Gasteiger partial charge in [-0.15, -0.1) is 0 Å². The van der Waals surface area contributed by atoms with Crippen LogP contribution in [-0.4, -0.2) is 23.4 Å². The normalized spacial score (nSPS) is 15.7. The number of hydrogen-bond donors (Lipinski definition) is 0. The highest BCUT2D eigenvalue weighted by atomic mass is 32.1. The second-order valence-corrected chi connectivity index (χ2v) is 12.6. The minimum Gasteiger partial charge on any atom is -0.497 e. The van der Waals surface area contributed by atoms with Crippen molar-refractivity contribution in [2.45, 2.75) is 25.4 Å². The summed E-state index contributed by atoms with van der Waals surface area (Å²) in [7, 11) is 3.29. The lowest BCUT2D eigenvalue weighted by molar-refractivity contribution is 0.392. The number of rotatable bonds is 6. The van der Waals surface area contributed by atoms with Gasteiger partial charge in [0.15, 0.2) is 4.80 Å². The summed E-state index contributed by atoms with van der Waals surface area (Å²) in [5, 5.41) is 0.990. The molecule has 0 fully saturated rings. The maximum atomic E-state index is 14.6. The molecule has 3 heterocycles. The standard InChI is InChI=1S/C38H30FN3O3S/c1-44-26-16-18-33(45-2)30(20-26)36-29-17-15-23-9-3-5-12-28(23)35(29)40-38-42(36)37(43)34(46-38)19-25-22-41(32-14-8-6-11-27(25)32)21-24-10-4-7-13-31(24)39/h3-14,16,18-20,22,36H,15,17,21H2,1-2H3/b34-19+/t36-/m1/s1. The Bertz CT molecular complexity index is 2380. The summed E-state index contributed by atoms with van der Waals surface area (Å²) < 4.78 is 30.5. The summed E-state index contributed by atoms with van der Waals surface area (Å²) in [6.07, 6.45) is 5.58. The predicted octanol–water partition coefficient (Wildman–Crippen LogP) is 6.48. The third kappa shape index (κ3) is 4.60. The van der Waals surface area contributed by atoms with Crippen molar-refractivity contribution in [2.24, 2.45) is 4.99 Å². The fourth-order valence-electron chi connectivity index (χ4n) is 6.82. The number of thiazole rings is 1. The fraction of sp³-hybridized carbons (Fsp3) is 0.158. The van der Waals surface area contributed by atoms with E-state index in [2.05, 4.69) is 18.2 Å². The monoisotopic (exact) mass is 627 g/mol. The van der Waals surface area contributed by atoms with Gasteiger partial charge in [-0.05, 0) is 60.4 Å². The van der Waals surface area contributed by atoms with Crippen molar-refractivity contribution in [3.05, 3.63) is 156 Å².